The van der Waals surface area contributed by atoms with Gasteiger partial charge in [-0.3, -0.25) is 4.79 Å². The van der Waals surface area contributed by atoms with Gasteiger partial charge in [-0.15, -0.1) is 0 Å². The average molecular weight is 443 g/mol. The maximum absolute atomic E-state index is 12.5. The zero-order valence-corrected chi connectivity index (χ0v) is 18.1. The summed E-state index contributed by atoms with van der Waals surface area (Å²) in [5.74, 6) is -0.484. The van der Waals surface area contributed by atoms with Gasteiger partial charge in [0.15, 0.2) is 0 Å². The van der Waals surface area contributed by atoms with Crippen molar-refractivity contribution in [2.45, 2.75) is 25.7 Å². The van der Waals surface area contributed by atoms with Crippen LogP contribution in [0.4, 0.5) is 11.5 Å². The van der Waals surface area contributed by atoms with Crippen molar-refractivity contribution in [3.05, 3.63) is 52.7 Å². The van der Waals surface area contributed by atoms with E-state index in [1.54, 1.807) is 24.3 Å². The van der Waals surface area contributed by atoms with Crippen molar-refractivity contribution in [2.24, 2.45) is 5.92 Å². The predicted molar refractivity (Wildman–Crippen MR) is 121 cm³/mol. The zero-order valence-electron chi connectivity index (χ0n) is 17.4. The molecule has 2 N–H and O–H groups in total. The van der Waals surface area contributed by atoms with Crippen LogP contribution in [0.2, 0.25) is 5.02 Å². The van der Waals surface area contributed by atoms with E-state index in [2.05, 4.69) is 20.1 Å². The molecule has 2 aliphatic rings. The van der Waals surface area contributed by atoms with Gasteiger partial charge < -0.3 is 20.2 Å². The third kappa shape index (κ3) is 5.17. The van der Waals surface area contributed by atoms with E-state index in [0.29, 0.717) is 28.0 Å². The van der Waals surface area contributed by atoms with Gasteiger partial charge in [0.25, 0.3) is 5.91 Å². The minimum atomic E-state index is -1.06. The van der Waals surface area contributed by atoms with Crippen molar-refractivity contribution in [1.82, 2.24) is 9.88 Å². The van der Waals surface area contributed by atoms with Gasteiger partial charge in [-0.2, -0.15) is 0 Å². The number of piperidine rings is 1. The lowest BCUT2D eigenvalue weighted by molar-refractivity contribution is 0.0696. The minimum absolute atomic E-state index is 0.0961. The molecule has 0 aliphatic carbocycles. The fraction of sp³-hybridized carbons (Fsp3) is 0.435. The lowest BCUT2D eigenvalue weighted by atomic mass is 9.97. The van der Waals surface area contributed by atoms with Crippen molar-refractivity contribution in [3.63, 3.8) is 0 Å². The summed E-state index contributed by atoms with van der Waals surface area (Å²) >= 11 is 6.09. The molecule has 4 rings (SSSR count). The second-order valence-electron chi connectivity index (χ2n) is 8.30. The van der Waals surface area contributed by atoms with Crippen LogP contribution in [-0.2, 0) is 0 Å². The van der Waals surface area contributed by atoms with Crippen molar-refractivity contribution in [3.8, 4) is 0 Å². The highest BCUT2D eigenvalue weighted by atomic mass is 35.5. The summed E-state index contributed by atoms with van der Waals surface area (Å²) in [7, 11) is 0. The van der Waals surface area contributed by atoms with Gasteiger partial charge in [-0.25, -0.2) is 9.78 Å². The highest BCUT2D eigenvalue weighted by Crippen LogP contribution is 2.28. The van der Waals surface area contributed by atoms with Gasteiger partial charge in [0.1, 0.15) is 11.4 Å². The number of likely N-dealkylation sites (tertiary alicyclic amines) is 1. The molecule has 164 valence electrons. The number of amides is 1. The number of aromatic carboxylic acids is 1. The Morgan fingerprint density at radius 1 is 1.13 bits per heavy atom. The molecule has 3 heterocycles. The highest BCUT2D eigenvalue weighted by molar-refractivity contribution is 6.34. The first kappa shape index (κ1) is 21.6. The van der Waals surface area contributed by atoms with Crippen molar-refractivity contribution in [1.29, 1.82) is 0 Å². The Morgan fingerprint density at radius 2 is 1.90 bits per heavy atom. The fourth-order valence-corrected chi connectivity index (χ4v) is 4.74. The van der Waals surface area contributed by atoms with Crippen LogP contribution in [0.1, 0.15) is 46.4 Å². The molecule has 8 heteroatoms. The molecule has 0 bridgehead atoms. The van der Waals surface area contributed by atoms with Crippen LogP contribution >= 0.6 is 11.6 Å². The molecule has 0 radical (unpaired) electrons. The predicted octanol–water partition coefficient (Wildman–Crippen LogP) is 4.00. The number of carboxylic acids is 1. The van der Waals surface area contributed by atoms with Gasteiger partial charge in [0, 0.05) is 19.6 Å². The number of nitrogens with one attached hydrogen (secondary N) is 1. The number of carbonyl (C=O) groups excluding carboxylic acids is 1. The Hall–Kier alpha value is -2.64. The molecule has 7 nitrogen and oxygen atoms in total. The summed E-state index contributed by atoms with van der Waals surface area (Å²) < 4.78 is 0. The Labute approximate surface area is 187 Å². The highest BCUT2D eigenvalue weighted by Gasteiger charge is 2.27. The van der Waals surface area contributed by atoms with E-state index in [4.69, 9.17) is 11.6 Å². The van der Waals surface area contributed by atoms with E-state index < -0.39 is 11.9 Å². The molecule has 31 heavy (non-hydrogen) atoms. The van der Waals surface area contributed by atoms with Crippen LogP contribution in [-0.4, -0.2) is 59.6 Å². The van der Waals surface area contributed by atoms with E-state index in [1.807, 2.05) is 0 Å². The Balaban J connectivity index is 1.50. The first-order valence-electron chi connectivity index (χ1n) is 10.8. The molecule has 0 saturated carbocycles. The van der Waals surface area contributed by atoms with Crippen molar-refractivity contribution in [2.75, 3.05) is 42.9 Å². The SMILES string of the molecule is O=C(Nc1cnc(N2CCC[C@H](CN3CCCC3)C2)c(C(=O)O)c1)c1ccccc1Cl. The summed E-state index contributed by atoms with van der Waals surface area (Å²) in [6.07, 6.45) is 6.22. The molecule has 0 unspecified atom stereocenters. The Morgan fingerprint density at radius 3 is 2.65 bits per heavy atom. The number of aromatic nitrogens is 1. The summed E-state index contributed by atoms with van der Waals surface area (Å²) in [6, 6.07) is 8.19. The van der Waals surface area contributed by atoms with E-state index in [-0.39, 0.29) is 5.56 Å². The molecule has 2 aromatic rings. The number of pyridine rings is 1. The minimum Gasteiger partial charge on any atom is -0.478 e. The van der Waals surface area contributed by atoms with E-state index >= 15 is 0 Å². The molecule has 1 atom stereocenters. The standard InChI is InChI=1S/C23H27ClN4O3/c24-20-8-2-1-7-18(20)22(29)26-17-12-19(23(30)31)21(25-13-17)28-11-5-6-16(15-28)14-27-9-3-4-10-27/h1-2,7-8,12-13,16H,3-6,9-11,14-15H2,(H,26,29)(H,30,31)/t16-/m1/s1. The molecular weight excluding hydrogens is 416 g/mol. The van der Waals surface area contributed by atoms with Crippen LogP contribution in [0, 0.1) is 5.92 Å². The zero-order chi connectivity index (χ0) is 21.8. The second-order valence-corrected chi connectivity index (χ2v) is 8.70. The maximum Gasteiger partial charge on any atom is 0.339 e. The average Bonchev–Trinajstić information content (AvgIpc) is 3.27. The number of carboxylic acid groups (broad SMARTS) is 1. The fourth-order valence-electron chi connectivity index (χ4n) is 4.52. The van der Waals surface area contributed by atoms with Crippen molar-refractivity contribution >= 4 is 35.0 Å². The lowest BCUT2D eigenvalue weighted by Crippen LogP contribution is -2.41. The van der Waals surface area contributed by atoms with Gasteiger partial charge in [0.2, 0.25) is 0 Å². The first-order chi connectivity index (χ1) is 15.0. The molecule has 1 aromatic heterocycles. The Bertz CT molecular complexity index is 962. The third-order valence-corrected chi connectivity index (χ3v) is 6.34. The molecule has 1 amide bonds. The number of hydrogen-bond acceptors (Lipinski definition) is 5. The quantitative estimate of drug-likeness (QED) is 0.703. The third-order valence-electron chi connectivity index (χ3n) is 6.01. The van der Waals surface area contributed by atoms with E-state index in [1.165, 1.54) is 25.1 Å². The normalized spacial score (nSPS) is 19.4. The monoisotopic (exact) mass is 442 g/mol. The molecule has 2 aliphatic heterocycles. The topological polar surface area (TPSA) is 85.8 Å². The maximum atomic E-state index is 12.5. The number of carbonyl (C=O) groups is 2. The smallest absolute Gasteiger partial charge is 0.339 e. The van der Waals surface area contributed by atoms with Crippen LogP contribution in [0.15, 0.2) is 36.5 Å². The van der Waals surface area contributed by atoms with Crippen LogP contribution in [0.3, 0.4) is 0 Å². The summed E-state index contributed by atoms with van der Waals surface area (Å²) in [5, 5.41) is 12.8. The van der Waals surface area contributed by atoms with Gasteiger partial charge in [-0.05, 0) is 62.9 Å². The Kier molecular flexibility index (Phi) is 6.73. The van der Waals surface area contributed by atoms with Gasteiger partial charge >= 0.3 is 5.97 Å². The first-order valence-corrected chi connectivity index (χ1v) is 11.2. The summed E-state index contributed by atoms with van der Waals surface area (Å²) in [4.78, 5) is 33.5. The van der Waals surface area contributed by atoms with E-state index in [9.17, 15) is 14.7 Å². The number of hydrogen-bond donors (Lipinski definition) is 2. The molecule has 2 saturated heterocycles. The number of nitrogens with zero attached hydrogens (tertiary/aromatic N) is 3. The van der Waals surface area contributed by atoms with Gasteiger partial charge in [0.05, 0.1) is 22.5 Å². The summed E-state index contributed by atoms with van der Waals surface area (Å²) in [6.45, 7) is 4.97. The van der Waals surface area contributed by atoms with Crippen molar-refractivity contribution < 1.29 is 14.7 Å². The molecule has 0 spiro atoms. The lowest BCUT2D eigenvalue weighted by Gasteiger charge is -2.36. The number of rotatable bonds is 6. The number of halogens is 1. The van der Waals surface area contributed by atoms with Crippen LogP contribution < -0.4 is 10.2 Å². The van der Waals surface area contributed by atoms with Gasteiger partial charge in [-0.1, -0.05) is 23.7 Å². The van der Waals surface area contributed by atoms with Crippen LogP contribution in [0.5, 0.6) is 0 Å². The van der Waals surface area contributed by atoms with E-state index in [0.717, 1.165) is 45.6 Å². The molecule has 1 aromatic carbocycles. The van der Waals surface area contributed by atoms with Crippen LogP contribution in [0.25, 0.3) is 0 Å². The second kappa shape index (κ2) is 9.66. The number of benzene rings is 1. The largest absolute Gasteiger partial charge is 0.478 e. The molecule has 2 fully saturated rings. The number of anilines is 2. The molecular formula is C23H27ClN4O3. The summed E-state index contributed by atoms with van der Waals surface area (Å²) in [5.41, 5.74) is 0.751.